The number of nitrogens with zero attached hydrogens (tertiary/aromatic N) is 1. The van der Waals surface area contributed by atoms with Crippen LogP contribution >= 0.6 is 15.9 Å². The summed E-state index contributed by atoms with van der Waals surface area (Å²) in [6.07, 6.45) is 0.169. The fourth-order valence-corrected chi connectivity index (χ4v) is 3.44. The zero-order valence-corrected chi connectivity index (χ0v) is 16.7. The minimum Gasteiger partial charge on any atom is -0.326 e. The number of rotatable bonds is 4. The van der Waals surface area contributed by atoms with E-state index < -0.39 is 5.92 Å². The largest absolute Gasteiger partial charge is 0.326 e. The molecule has 2 aromatic carbocycles. The average Bonchev–Trinajstić information content (AvgIpc) is 2.99. The van der Waals surface area contributed by atoms with E-state index in [0.717, 1.165) is 15.7 Å². The number of carbonyl (C=O) groups excluding carboxylic acids is 3. The van der Waals surface area contributed by atoms with E-state index in [0.29, 0.717) is 17.9 Å². The van der Waals surface area contributed by atoms with Crippen molar-refractivity contribution in [2.24, 2.45) is 5.92 Å². The van der Waals surface area contributed by atoms with Crippen molar-refractivity contribution in [2.75, 3.05) is 22.1 Å². The summed E-state index contributed by atoms with van der Waals surface area (Å²) in [5, 5.41) is 5.59. The van der Waals surface area contributed by atoms with Gasteiger partial charge in [-0.25, -0.2) is 0 Å². The van der Waals surface area contributed by atoms with Crippen LogP contribution in [0.2, 0.25) is 0 Å². The summed E-state index contributed by atoms with van der Waals surface area (Å²) >= 11 is 3.40. The molecule has 3 rings (SSSR count). The molecule has 1 aliphatic heterocycles. The molecular formula is C20H20BrN3O3. The van der Waals surface area contributed by atoms with Crippen LogP contribution in [-0.2, 0) is 14.4 Å². The highest BCUT2D eigenvalue weighted by molar-refractivity contribution is 9.10. The van der Waals surface area contributed by atoms with Crippen LogP contribution in [-0.4, -0.2) is 24.3 Å². The number of amides is 3. The van der Waals surface area contributed by atoms with Gasteiger partial charge in [0.1, 0.15) is 0 Å². The lowest BCUT2D eigenvalue weighted by molar-refractivity contribution is -0.122. The smallest absolute Gasteiger partial charge is 0.229 e. The van der Waals surface area contributed by atoms with Crippen molar-refractivity contribution in [3.63, 3.8) is 0 Å². The van der Waals surface area contributed by atoms with E-state index in [2.05, 4.69) is 26.6 Å². The highest BCUT2D eigenvalue weighted by Crippen LogP contribution is 2.29. The van der Waals surface area contributed by atoms with Gasteiger partial charge in [0.15, 0.2) is 0 Å². The summed E-state index contributed by atoms with van der Waals surface area (Å²) in [7, 11) is 0. The standard InChI is InChI=1S/C20H20BrN3O3/c1-12-6-7-16(22-13(2)25)10-18(12)23-20(27)14-8-19(26)24(11-14)17-5-3-4-15(21)9-17/h3-7,9-10,14H,8,11H2,1-2H3,(H,22,25)(H,23,27). The van der Waals surface area contributed by atoms with Crippen LogP contribution in [0.15, 0.2) is 46.9 Å². The Kier molecular flexibility index (Phi) is 5.60. The van der Waals surface area contributed by atoms with Gasteiger partial charge in [0.25, 0.3) is 0 Å². The Balaban J connectivity index is 1.72. The van der Waals surface area contributed by atoms with Crippen LogP contribution in [0, 0.1) is 12.8 Å². The number of aryl methyl sites for hydroxylation is 1. The van der Waals surface area contributed by atoms with Gasteiger partial charge < -0.3 is 15.5 Å². The van der Waals surface area contributed by atoms with Crippen molar-refractivity contribution in [1.29, 1.82) is 0 Å². The van der Waals surface area contributed by atoms with Crippen molar-refractivity contribution < 1.29 is 14.4 Å². The van der Waals surface area contributed by atoms with Crippen molar-refractivity contribution in [3.8, 4) is 0 Å². The van der Waals surface area contributed by atoms with Gasteiger partial charge in [-0.3, -0.25) is 14.4 Å². The van der Waals surface area contributed by atoms with Crippen LogP contribution < -0.4 is 15.5 Å². The Bertz CT molecular complexity index is 913. The van der Waals surface area contributed by atoms with Crippen molar-refractivity contribution in [2.45, 2.75) is 20.3 Å². The van der Waals surface area contributed by atoms with Crippen LogP contribution in [0.3, 0.4) is 0 Å². The lowest BCUT2D eigenvalue weighted by atomic mass is 10.1. The van der Waals surface area contributed by atoms with E-state index in [1.807, 2.05) is 37.3 Å². The molecule has 3 amide bonds. The Morgan fingerprint density at radius 2 is 1.93 bits per heavy atom. The van der Waals surface area contributed by atoms with E-state index >= 15 is 0 Å². The minimum atomic E-state index is -0.430. The fraction of sp³-hybridized carbons (Fsp3) is 0.250. The van der Waals surface area contributed by atoms with Gasteiger partial charge in [0.2, 0.25) is 17.7 Å². The quantitative estimate of drug-likeness (QED) is 0.777. The van der Waals surface area contributed by atoms with E-state index in [4.69, 9.17) is 0 Å². The van der Waals surface area contributed by atoms with E-state index in [1.165, 1.54) is 6.92 Å². The van der Waals surface area contributed by atoms with Crippen LogP contribution in [0.4, 0.5) is 17.1 Å². The number of hydrogen-bond donors (Lipinski definition) is 2. The summed E-state index contributed by atoms with van der Waals surface area (Å²) in [6.45, 7) is 3.64. The second-order valence-corrected chi connectivity index (χ2v) is 7.50. The zero-order chi connectivity index (χ0) is 19.6. The average molecular weight is 430 g/mol. The van der Waals surface area contributed by atoms with Gasteiger partial charge in [-0.2, -0.15) is 0 Å². The number of benzene rings is 2. The lowest BCUT2D eigenvalue weighted by Gasteiger charge is -2.17. The molecule has 1 saturated heterocycles. The third-order valence-corrected chi connectivity index (χ3v) is 4.92. The number of carbonyl (C=O) groups is 3. The van der Waals surface area contributed by atoms with E-state index in [-0.39, 0.29) is 24.1 Å². The molecule has 1 aliphatic rings. The Morgan fingerprint density at radius 3 is 2.63 bits per heavy atom. The van der Waals surface area contributed by atoms with Gasteiger partial charge >= 0.3 is 0 Å². The Hall–Kier alpha value is -2.67. The summed E-state index contributed by atoms with van der Waals surface area (Å²) in [4.78, 5) is 37.9. The first-order chi connectivity index (χ1) is 12.8. The van der Waals surface area contributed by atoms with Gasteiger partial charge in [0, 0.05) is 41.4 Å². The van der Waals surface area contributed by atoms with Crippen LogP contribution in [0.5, 0.6) is 0 Å². The second kappa shape index (κ2) is 7.92. The third-order valence-electron chi connectivity index (χ3n) is 4.43. The zero-order valence-electron chi connectivity index (χ0n) is 15.1. The minimum absolute atomic E-state index is 0.0723. The first-order valence-electron chi connectivity index (χ1n) is 8.58. The summed E-state index contributed by atoms with van der Waals surface area (Å²) < 4.78 is 0.881. The van der Waals surface area contributed by atoms with Gasteiger partial charge in [-0.1, -0.05) is 28.1 Å². The molecule has 140 valence electrons. The maximum absolute atomic E-state index is 12.7. The monoisotopic (exact) mass is 429 g/mol. The maximum Gasteiger partial charge on any atom is 0.229 e. The summed E-state index contributed by atoms with van der Waals surface area (Å²) in [5.74, 6) is -0.886. The normalized spacial score (nSPS) is 16.3. The number of nitrogens with one attached hydrogen (secondary N) is 2. The molecule has 0 aromatic heterocycles. The van der Waals surface area contributed by atoms with Crippen LogP contribution in [0.1, 0.15) is 18.9 Å². The van der Waals surface area contributed by atoms with Crippen LogP contribution in [0.25, 0.3) is 0 Å². The lowest BCUT2D eigenvalue weighted by Crippen LogP contribution is -2.28. The van der Waals surface area contributed by atoms with E-state index in [1.54, 1.807) is 17.0 Å². The SMILES string of the molecule is CC(=O)Nc1ccc(C)c(NC(=O)C2CC(=O)N(c3cccc(Br)c3)C2)c1. The van der Waals surface area contributed by atoms with Crippen molar-refractivity contribution >= 4 is 50.7 Å². The topological polar surface area (TPSA) is 78.5 Å². The molecule has 1 heterocycles. The third kappa shape index (κ3) is 4.54. The molecule has 0 spiro atoms. The number of hydrogen-bond acceptors (Lipinski definition) is 3. The van der Waals surface area contributed by atoms with Gasteiger partial charge in [0.05, 0.1) is 5.92 Å². The fourth-order valence-electron chi connectivity index (χ4n) is 3.05. The molecule has 2 N–H and O–H groups in total. The molecule has 1 atom stereocenters. The molecular weight excluding hydrogens is 410 g/mol. The van der Waals surface area contributed by atoms with Crippen molar-refractivity contribution in [1.82, 2.24) is 0 Å². The molecule has 2 aromatic rings. The van der Waals surface area contributed by atoms with Gasteiger partial charge in [-0.15, -0.1) is 0 Å². The first kappa shape index (κ1) is 19.1. The Morgan fingerprint density at radius 1 is 1.15 bits per heavy atom. The van der Waals surface area contributed by atoms with E-state index in [9.17, 15) is 14.4 Å². The summed E-state index contributed by atoms with van der Waals surface area (Å²) in [6, 6.07) is 12.8. The second-order valence-electron chi connectivity index (χ2n) is 6.59. The molecule has 1 unspecified atom stereocenters. The molecule has 6 nitrogen and oxygen atoms in total. The molecule has 0 saturated carbocycles. The predicted molar refractivity (Wildman–Crippen MR) is 109 cm³/mol. The number of halogens is 1. The molecule has 27 heavy (non-hydrogen) atoms. The number of anilines is 3. The summed E-state index contributed by atoms with van der Waals surface area (Å²) in [5.41, 5.74) is 2.89. The molecule has 0 bridgehead atoms. The molecule has 7 heteroatoms. The molecule has 0 aliphatic carbocycles. The van der Waals surface area contributed by atoms with Gasteiger partial charge in [-0.05, 0) is 42.8 Å². The predicted octanol–water partition coefficient (Wildman–Crippen LogP) is 3.71. The maximum atomic E-state index is 12.7. The highest BCUT2D eigenvalue weighted by Gasteiger charge is 2.35. The highest BCUT2D eigenvalue weighted by atomic mass is 79.9. The molecule has 0 radical (unpaired) electrons. The van der Waals surface area contributed by atoms with Crippen molar-refractivity contribution in [3.05, 3.63) is 52.5 Å². The molecule has 1 fully saturated rings. The Labute approximate surface area is 166 Å². The first-order valence-corrected chi connectivity index (χ1v) is 9.38.